The van der Waals surface area contributed by atoms with Crippen LogP contribution in [0.15, 0.2) is 43.0 Å². The summed E-state index contributed by atoms with van der Waals surface area (Å²) in [6.45, 7) is 10.1. The molecule has 3 aromatic rings. The van der Waals surface area contributed by atoms with Crippen molar-refractivity contribution in [2.45, 2.75) is 26.8 Å². The molecule has 0 spiro atoms. The fourth-order valence-electron chi connectivity index (χ4n) is 4.46. The van der Waals surface area contributed by atoms with Gasteiger partial charge in [0.1, 0.15) is 23.7 Å². The average molecular weight is 464 g/mol. The van der Waals surface area contributed by atoms with Gasteiger partial charge in [0, 0.05) is 17.7 Å². The standard InChI is InChI=1S/C26H29N3O5/c1-5-11-34-19-8-7-17(14-20(19)33-6-2)24-21-22(18-13-15(3)12-16(4)25(18)31)27-28-23(21)26(32)29(24)9-10-30/h5,7-8,12-14,24,30-31H,1,6,9-11H2,2-4H3,(H,27,28). The maximum absolute atomic E-state index is 13.3. The number of aromatic amines is 1. The molecule has 1 aliphatic rings. The number of amides is 1. The molecule has 0 radical (unpaired) electrons. The fourth-order valence-corrected chi connectivity index (χ4v) is 4.46. The number of aliphatic hydroxyl groups is 1. The zero-order valence-electron chi connectivity index (χ0n) is 19.6. The lowest BCUT2D eigenvalue weighted by Gasteiger charge is -2.26. The molecule has 1 amide bonds. The van der Waals surface area contributed by atoms with Crippen molar-refractivity contribution in [3.8, 4) is 28.5 Å². The number of H-pyrrole nitrogens is 1. The highest BCUT2D eigenvalue weighted by Gasteiger charge is 2.42. The number of nitrogens with zero attached hydrogens (tertiary/aromatic N) is 2. The number of phenols is 1. The molecule has 34 heavy (non-hydrogen) atoms. The fraction of sp³-hybridized carbons (Fsp3) is 0.308. The molecule has 2 heterocycles. The molecule has 1 atom stereocenters. The highest BCUT2D eigenvalue weighted by Crippen LogP contribution is 2.46. The predicted molar refractivity (Wildman–Crippen MR) is 128 cm³/mol. The molecular formula is C26H29N3O5. The van der Waals surface area contributed by atoms with Crippen LogP contribution >= 0.6 is 0 Å². The number of hydrogen-bond donors (Lipinski definition) is 3. The van der Waals surface area contributed by atoms with E-state index in [0.717, 1.165) is 16.7 Å². The smallest absolute Gasteiger partial charge is 0.273 e. The molecule has 2 aromatic carbocycles. The molecule has 0 saturated carbocycles. The second-order valence-electron chi connectivity index (χ2n) is 8.20. The minimum absolute atomic E-state index is 0.120. The van der Waals surface area contributed by atoms with Gasteiger partial charge in [-0.05, 0) is 55.7 Å². The van der Waals surface area contributed by atoms with E-state index in [9.17, 15) is 15.0 Å². The Balaban J connectivity index is 1.89. The summed E-state index contributed by atoms with van der Waals surface area (Å²) < 4.78 is 11.5. The van der Waals surface area contributed by atoms with Crippen molar-refractivity contribution in [1.29, 1.82) is 0 Å². The Morgan fingerprint density at radius 1 is 1.21 bits per heavy atom. The minimum Gasteiger partial charge on any atom is -0.507 e. The van der Waals surface area contributed by atoms with Gasteiger partial charge >= 0.3 is 0 Å². The molecule has 178 valence electrons. The number of aliphatic hydroxyl groups excluding tert-OH is 1. The van der Waals surface area contributed by atoms with Gasteiger partial charge in [-0.3, -0.25) is 9.89 Å². The zero-order chi connectivity index (χ0) is 24.4. The Hall–Kier alpha value is -3.78. The molecule has 1 aromatic heterocycles. The largest absolute Gasteiger partial charge is 0.507 e. The van der Waals surface area contributed by atoms with Crippen molar-refractivity contribution < 1.29 is 24.5 Å². The second kappa shape index (κ2) is 9.61. The molecule has 1 unspecified atom stereocenters. The highest BCUT2D eigenvalue weighted by molar-refractivity contribution is 6.00. The number of ether oxygens (including phenoxy) is 2. The molecule has 0 fully saturated rings. The first-order chi connectivity index (χ1) is 16.4. The Labute approximate surface area is 198 Å². The highest BCUT2D eigenvalue weighted by atomic mass is 16.5. The Kier molecular flexibility index (Phi) is 6.61. The number of benzene rings is 2. The van der Waals surface area contributed by atoms with Gasteiger partial charge in [-0.1, -0.05) is 24.8 Å². The second-order valence-corrected chi connectivity index (χ2v) is 8.20. The van der Waals surface area contributed by atoms with Crippen LogP contribution in [0, 0.1) is 13.8 Å². The number of carbonyl (C=O) groups excluding carboxylic acids is 1. The molecule has 0 aliphatic carbocycles. The third-order valence-electron chi connectivity index (χ3n) is 5.84. The van der Waals surface area contributed by atoms with Crippen LogP contribution in [-0.4, -0.2) is 57.6 Å². The molecule has 3 N–H and O–H groups in total. The third-order valence-corrected chi connectivity index (χ3v) is 5.84. The van der Waals surface area contributed by atoms with E-state index in [4.69, 9.17) is 9.47 Å². The van der Waals surface area contributed by atoms with Gasteiger partial charge in [0.05, 0.1) is 19.3 Å². The number of aromatic nitrogens is 2. The van der Waals surface area contributed by atoms with Gasteiger partial charge in [-0.2, -0.15) is 5.10 Å². The molecule has 8 heteroatoms. The molecule has 1 aliphatic heterocycles. The molecule has 4 rings (SSSR count). The summed E-state index contributed by atoms with van der Waals surface area (Å²) in [6, 6.07) is 8.73. The van der Waals surface area contributed by atoms with Crippen LogP contribution in [0.4, 0.5) is 0 Å². The van der Waals surface area contributed by atoms with E-state index < -0.39 is 6.04 Å². The lowest BCUT2D eigenvalue weighted by molar-refractivity contribution is 0.0706. The van der Waals surface area contributed by atoms with E-state index in [1.807, 2.05) is 45.0 Å². The number of aromatic hydroxyl groups is 1. The topological polar surface area (TPSA) is 108 Å². The lowest BCUT2D eigenvalue weighted by Crippen LogP contribution is -2.32. The number of carbonyl (C=O) groups is 1. The van der Waals surface area contributed by atoms with Gasteiger partial charge in [0.2, 0.25) is 0 Å². The first-order valence-electron chi connectivity index (χ1n) is 11.2. The third kappa shape index (κ3) is 4.01. The molecule has 0 bridgehead atoms. The van der Waals surface area contributed by atoms with E-state index in [-0.39, 0.29) is 24.8 Å². The van der Waals surface area contributed by atoms with Gasteiger partial charge in [0.25, 0.3) is 5.91 Å². The van der Waals surface area contributed by atoms with E-state index in [1.165, 1.54) is 0 Å². The first kappa shape index (κ1) is 23.4. The summed E-state index contributed by atoms with van der Waals surface area (Å²) in [5, 5.41) is 27.8. The summed E-state index contributed by atoms with van der Waals surface area (Å²) in [7, 11) is 0. The van der Waals surface area contributed by atoms with Crippen LogP contribution in [0.25, 0.3) is 11.3 Å². The number of rotatable bonds is 9. The van der Waals surface area contributed by atoms with Gasteiger partial charge in [0.15, 0.2) is 11.5 Å². The van der Waals surface area contributed by atoms with Crippen LogP contribution in [0.1, 0.15) is 45.7 Å². The van der Waals surface area contributed by atoms with Gasteiger partial charge < -0.3 is 24.6 Å². The predicted octanol–water partition coefficient (Wildman–Crippen LogP) is 3.90. The number of β-amino-alcohol motifs (C(OH)–C–C–N with tert-alkyl or cyclic N) is 1. The Morgan fingerprint density at radius 3 is 2.71 bits per heavy atom. The molecule has 8 nitrogen and oxygen atoms in total. The first-order valence-corrected chi connectivity index (χ1v) is 11.2. The summed E-state index contributed by atoms with van der Waals surface area (Å²) in [6.07, 6.45) is 1.66. The summed E-state index contributed by atoms with van der Waals surface area (Å²) in [5.74, 6) is 0.977. The molecule has 0 saturated heterocycles. The van der Waals surface area contributed by atoms with Crippen molar-refractivity contribution >= 4 is 5.91 Å². The van der Waals surface area contributed by atoms with E-state index in [2.05, 4.69) is 16.8 Å². The minimum atomic E-state index is -0.531. The monoisotopic (exact) mass is 463 g/mol. The van der Waals surface area contributed by atoms with E-state index >= 15 is 0 Å². The summed E-state index contributed by atoms with van der Waals surface area (Å²) in [4.78, 5) is 14.9. The van der Waals surface area contributed by atoms with Crippen LogP contribution in [0.2, 0.25) is 0 Å². The lowest BCUT2D eigenvalue weighted by atomic mass is 9.94. The quantitative estimate of drug-likeness (QED) is 0.416. The number of hydrogen-bond acceptors (Lipinski definition) is 6. The Bertz CT molecular complexity index is 1230. The van der Waals surface area contributed by atoms with Crippen LogP contribution in [-0.2, 0) is 0 Å². The van der Waals surface area contributed by atoms with E-state index in [0.29, 0.717) is 47.2 Å². The van der Waals surface area contributed by atoms with Gasteiger partial charge in [-0.15, -0.1) is 0 Å². The van der Waals surface area contributed by atoms with Crippen molar-refractivity contribution in [3.63, 3.8) is 0 Å². The van der Waals surface area contributed by atoms with Gasteiger partial charge in [-0.25, -0.2) is 0 Å². The molecular weight excluding hydrogens is 434 g/mol. The maximum Gasteiger partial charge on any atom is 0.273 e. The van der Waals surface area contributed by atoms with Crippen LogP contribution in [0.3, 0.4) is 0 Å². The number of phenolic OH excluding ortho intramolecular Hbond substituents is 1. The van der Waals surface area contributed by atoms with Crippen molar-refractivity contribution in [1.82, 2.24) is 15.1 Å². The Morgan fingerprint density at radius 2 is 2.00 bits per heavy atom. The SMILES string of the molecule is C=CCOc1ccc(C2c3c(-c4cc(C)cc(C)c4O)n[nH]c3C(=O)N2CCO)cc1OCC. The van der Waals surface area contributed by atoms with Crippen LogP contribution < -0.4 is 9.47 Å². The number of fused-ring (bicyclic) bond motifs is 1. The normalized spacial score (nSPS) is 14.9. The maximum atomic E-state index is 13.3. The zero-order valence-corrected chi connectivity index (χ0v) is 19.6. The summed E-state index contributed by atoms with van der Waals surface area (Å²) >= 11 is 0. The van der Waals surface area contributed by atoms with Crippen LogP contribution in [0.5, 0.6) is 17.2 Å². The van der Waals surface area contributed by atoms with Crippen molar-refractivity contribution in [2.24, 2.45) is 0 Å². The van der Waals surface area contributed by atoms with E-state index in [1.54, 1.807) is 17.0 Å². The number of aryl methyl sites for hydroxylation is 2. The number of nitrogens with one attached hydrogen (secondary N) is 1. The summed E-state index contributed by atoms with van der Waals surface area (Å²) in [5.41, 5.74) is 4.52. The average Bonchev–Trinajstić information content (AvgIpc) is 3.35. The van der Waals surface area contributed by atoms with Crippen molar-refractivity contribution in [3.05, 3.63) is 70.9 Å². The van der Waals surface area contributed by atoms with Crippen molar-refractivity contribution in [2.75, 3.05) is 26.4 Å².